The van der Waals surface area contributed by atoms with Gasteiger partial charge in [0.2, 0.25) is 0 Å². The van der Waals surface area contributed by atoms with Gasteiger partial charge < -0.3 is 10.2 Å². The van der Waals surface area contributed by atoms with Crippen LogP contribution in [0.4, 0.5) is 0 Å². The molecule has 0 aliphatic rings. The first-order chi connectivity index (χ1) is 12.3. The molecule has 0 spiro atoms. The molecule has 0 aliphatic carbocycles. The van der Waals surface area contributed by atoms with Gasteiger partial charge in [-0.2, -0.15) is 0 Å². The van der Waals surface area contributed by atoms with Crippen molar-refractivity contribution in [2.75, 3.05) is 6.61 Å². The molecule has 0 saturated heterocycles. The molecule has 0 amide bonds. The lowest BCUT2D eigenvalue weighted by atomic mass is 10.1. The molecule has 3 heteroatoms. The Kier molecular flexibility index (Phi) is 12.2. The average Bonchev–Trinajstić information content (AvgIpc) is 2.63. The Bertz CT molecular complexity index is 581. The highest BCUT2D eigenvalue weighted by atomic mass is 16.3. The van der Waals surface area contributed by atoms with Crippen LogP contribution in [-0.2, 0) is 0 Å². The van der Waals surface area contributed by atoms with Gasteiger partial charge in [0.05, 0.1) is 5.69 Å². The molecule has 1 rings (SSSR count). The molecular formula is C22H31NO2. The second-order valence-corrected chi connectivity index (χ2v) is 6.06. The molecule has 0 bridgehead atoms. The van der Waals surface area contributed by atoms with Gasteiger partial charge in [-0.15, -0.1) is 0 Å². The van der Waals surface area contributed by atoms with Crippen LogP contribution in [0.2, 0.25) is 0 Å². The molecule has 1 heterocycles. The van der Waals surface area contributed by atoms with Crippen molar-refractivity contribution in [1.82, 2.24) is 4.98 Å². The van der Waals surface area contributed by atoms with Gasteiger partial charge in [-0.25, -0.2) is 4.98 Å². The van der Waals surface area contributed by atoms with Gasteiger partial charge in [-0.05, 0) is 56.2 Å². The molecular weight excluding hydrogens is 310 g/mol. The van der Waals surface area contributed by atoms with E-state index in [-0.39, 0.29) is 6.61 Å². The Morgan fingerprint density at radius 2 is 1.88 bits per heavy atom. The number of nitrogens with zero attached hydrogens (tertiary/aromatic N) is 1. The van der Waals surface area contributed by atoms with Crippen LogP contribution >= 0.6 is 0 Å². The zero-order valence-corrected chi connectivity index (χ0v) is 15.3. The van der Waals surface area contributed by atoms with Crippen molar-refractivity contribution in [2.45, 2.75) is 64.4 Å². The summed E-state index contributed by atoms with van der Waals surface area (Å²) in [7, 11) is 0. The second-order valence-electron chi connectivity index (χ2n) is 6.06. The second kappa shape index (κ2) is 14.5. The molecule has 1 aromatic heterocycles. The topological polar surface area (TPSA) is 53.4 Å². The normalized spacial score (nSPS) is 12.4. The molecule has 0 aromatic carbocycles. The van der Waals surface area contributed by atoms with E-state index in [2.05, 4.69) is 35.9 Å². The van der Waals surface area contributed by atoms with Crippen molar-refractivity contribution in [2.24, 2.45) is 0 Å². The van der Waals surface area contributed by atoms with Gasteiger partial charge in [0, 0.05) is 13.0 Å². The SMILES string of the molecule is CCCCCC=CC[C@H](O)C#Cc1cccc(C=CCCCCO)n1. The summed E-state index contributed by atoms with van der Waals surface area (Å²) >= 11 is 0. The number of unbranched alkanes of at least 4 members (excludes halogenated alkanes) is 5. The summed E-state index contributed by atoms with van der Waals surface area (Å²) in [6.45, 7) is 2.44. The Labute approximate surface area is 152 Å². The maximum atomic E-state index is 9.92. The maximum Gasteiger partial charge on any atom is 0.118 e. The van der Waals surface area contributed by atoms with Crippen molar-refractivity contribution in [3.63, 3.8) is 0 Å². The Balaban J connectivity index is 2.43. The number of hydrogen-bond acceptors (Lipinski definition) is 3. The fourth-order valence-corrected chi connectivity index (χ4v) is 2.26. The zero-order valence-electron chi connectivity index (χ0n) is 15.3. The molecule has 1 atom stereocenters. The highest BCUT2D eigenvalue weighted by Crippen LogP contribution is 2.04. The summed E-state index contributed by atoms with van der Waals surface area (Å²) in [5.41, 5.74) is 1.53. The predicted molar refractivity (Wildman–Crippen MR) is 105 cm³/mol. The van der Waals surface area contributed by atoms with Crippen LogP contribution in [0.1, 0.15) is 69.7 Å². The van der Waals surface area contributed by atoms with E-state index in [4.69, 9.17) is 5.11 Å². The van der Waals surface area contributed by atoms with Gasteiger partial charge in [-0.3, -0.25) is 0 Å². The average molecular weight is 341 g/mol. The molecule has 25 heavy (non-hydrogen) atoms. The number of aliphatic hydroxyl groups is 2. The van der Waals surface area contributed by atoms with Crippen LogP contribution in [0.5, 0.6) is 0 Å². The molecule has 2 N–H and O–H groups in total. The van der Waals surface area contributed by atoms with E-state index in [9.17, 15) is 5.11 Å². The molecule has 0 fully saturated rings. The number of aliphatic hydroxyl groups excluding tert-OH is 2. The highest BCUT2D eigenvalue weighted by molar-refractivity contribution is 5.46. The van der Waals surface area contributed by atoms with Crippen molar-refractivity contribution >= 4 is 6.08 Å². The third-order valence-electron chi connectivity index (χ3n) is 3.71. The maximum absolute atomic E-state index is 9.92. The standard InChI is InChI=1S/C22H31NO2/c1-2-3-4-5-6-10-16-22(25)18-17-21-15-12-14-20(23-21)13-9-7-8-11-19-24/h6,9-10,12-15,22,24-25H,2-5,7-8,11,16,19H2,1H3/t22-/m0/s1. The van der Waals surface area contributed by atoms with Crippen LogP contribution in [0.3, 0.4) is 0 Å². The molecule has 3 nitrogen and oxygen atoms in total. The van der Waals surface area contributed by atoms with Crippen LogP contribution in [0.15, 0.2) is 36.4 Å². The minimum Gasteiger partial charge on any atom is -0.396 e. The smallest absolute Gasteiger partial charge is 0.118 e. The van der Waals surface area contributed by atoms with E-state index < -0.39 is 6.10 Å². The number of hydrogen-bond donors (Lipinski definition) is 2. The zero-order chi connectivity index (χ0) is 18.2. The van der Waals surface area contributed by atoms with Gasteiger partial charge in [-0.1, -0.05) is 50.0 Å². The first-order valence-electron chi connectivity index (χ1n) is 9.35. The summed E-state index contributed by atoms with van der Waals surface area (Å²) in [5, 5.41) is 18.7. The van der Waals surface area contributed by atoms with E-state index in [1.54, 1.807) is 0 Å². The largest absolute Gasteiger partial charge is 0.396 e. The minimum atomic E-state index is -0.651. The first kappa shape index (κ1) is 21.2. The summed E-state index contributed by atoms with van der Waals surface area (Å²) < 4.78 is 0. The predicted octanol–water partition coefficient (Wildman–Crippen LogP) is 4.50. The first-order valence-corrected chi connectivity index (χ1v) is 9.35. The van der Waals surface area contributed by atoms with Gasteiger partial charge in [0.1, 0.15) is 11.8 Å². The Hall–Kier alpha value is -1.89. The lowest BCUT2D eigenvalue weighted by Crippen LogP contribution is -2.00. The summed E-state index contributed by atoms with van der Waals surface area (Å²) in [5.74, 6) is 5.80. The van der Waals surface area contributed by atoms with E-state index in [1.165, 1.54) is 19.3 Å². The molecule has 136 valence electrons. The summed E-state index contributed by atoms with van der Waals surface area (Å²) in [6, 6.07) is 5.71. The molecule has 0 aliphatic heterocycles. The van der Waals surface area contributed by atoms with Gasteiger partial charge in [0.25, 0.3) is 0 Å². The molecule has 1 aromatic rings. The lowest BCUT2D eigenvalue weighted by Gasteiger charge is -1.98. The Morgan fingerprint density at radius 1 is 1.08 bits per heavy atom. The molecule has 0 unspecified atom stereocenters. The van der Waals surface area contributed by atoms with Crippen molar-refractivity contribution in [3.05, 3.63) is 47.8 Å². The number of rotatable bonds is 11. The van der Waals surface area contributed by atoms with E-state index >= 15 is 0 Å². The third-order valence-corrected chi connectivity index (χ3v) is 3.71. The highest BCUT2D eigenvalue weighted by Gasteiger charge is 1.96. The van der Waals surface area contributed by atoms with Crippen molar-refractivity contribution in [3.8, 4) is 11.8 Å². The fourth-order valence-electron chi connectivity index (χ4n) is 2.26. The van der Waals surface area contributed by atoms with Gasteiger partial charge in [0.15, 0.2) is 0 Å². The molecule has 0 radical (unpaired) electrons. The van der Waals surface area contributed by atoms with Crippen molar-refractivity contribution < 1.29 is 10.2 Å². The fraction of sp³-hybridized carbons (Fsp3) is 0.500. The number of aromatic nitrogens is 1. The summed E-state index contributed by atoms with van der Waals surface area (Å²) in [6.07, 6.45) is 15.6. The van der Waals surface area contributed by atoms with E-state index in [0.717, 1.165) is 31.4 Å². The van der Waals surface area contributed by atoms with Crippen molar-refractivity contribution in [1.29, 1.82) is 0 Å². The number of pyridine rings is 1. The van der Waals surface area contributed by atoms with Crippen LogP contribution in [-0.4, -0.2) is 27.9 Å². The number of allylic oxidation sites excluding steroid dienone is 2. The van der Waals surface area contributed by atoms with Crippen LogP contribution in [0.25, 0.3) is 6.08 Å². The lowest BCUT2D eigenvalue weighted by molar-refractivity contribution is 0.236. The quantitative estimate of drug-likeness (QED) is 0.354. The monoisotopic (exact) mass is 341 g/mol. The van der Waals surface area contributed by atoms with E-state index in [1.807, 2.05) is 30.4 Å². The minimum absolute atomic E-state index is 0.243. The van der Waals surface area contributed by atoms with Gasteiger partial charge >= 0.3 is 0 Å². The Morgan fingerprint density at radius 3 is 2.68 bits per heavy atom. The third kappa shape index (κ3) is 11.3. The van der Waals surface area contributed by atoms with Crippen LogP contribution in [0, 0.1) is 11.8 Å². The molecule has 0 saturated carbocycles. The van der Waals surface area contributed by atoms with Crippen LogP contribution < -0.4 is 0 Å². The summed E-state index contributed by atoms with van der Waals surface area (Å²) in [4.78, 5) is 4.45. The van der Waals surface area contributed by atoms with E-state index in [0.29, 0.717) is 12.1 Å².